The number of ketones is 1. The lowest BCUT2D eigenvalue weighted by molar-refractivity contribution is -0.160. The van der Waals surface area contributed by atoms with Gasteiger partial charge in [0.15, 0.2) is 5.78 Å². The quantitative estimate of drug-likeness (QED) is 0.749. The number of hydrogen-bond acceptors (Lipinski definition) is 4. The molecule has 1 saturated carbocycles. The average molecular weight is 291 g/mol. The molecule has 2 bridgehead atoms. The molecule has 0 amide bonds. The van der Waals surface area contributed by atoms with Gasteiger partial charge in [0.2, 0.25) is 0 Å². The standard InChI is InChI=1S/C17H25NO3/c1-3-18-11-16-7-5-8-17(12-18,15(20)21-4-2)14(16)10-13(19)6-9-16/h10H,3-9,11-12H2,1-2H3/t16-,17+/m1/s1. The monoisotopic (exact) mass is 291 g/mol. The van der Waals surface area contributed by atoms with Gasteiger partial charge in [-0.25, -0.2) is 0 Å². The molecule has 4 heteroatoms. The molecule has 0 aromatic rings. The van der Waals surface area contributed by atoms with Gasteiger partial charge in [0, 0.05) is 24.9 Å². The smallest absolute Gasteiger partial charge is 0.317 e. The Morgan fingerprint density at radius 3 is 2.81 bits per heavy atom. The molecule has 2 aliphatic carbocycles. The SMILES string of the molecule is CCOC(=O)[C@]12CCC[C@@]3(CCC(=O)C=C31)CN(CC)C2. The van der Waals surface area contributed by atoms with Crippen molar-refractivity contribution in [2.75, 3.05) is 26.2 Å². The summed E-state index contributed by atoms with van der Waals surface area (Å²) in [5.41, 5.74) is 0.562. The molecule has 0 unspecified atom stereocenters. The maximum Gasteiger partial charge on any atom is 0.317 e. The number of rotatable bonds is 3. The van der Waals surface area contributed by atoms with Crippen LogP contribution in [0.15, 0.2) is 11.6 Å². The summed E-state index contributed by atoms with van der Waals surface area (Å²) in [4.78, 5) is 27.1. The molecule has 3 aliphatic rings. The second-order valence-electron chi connectivity index (χ2n) is 6.76. The maximum absolute atomic E-state index is 12.7. The number of allylic oxidation sites excluding steroid dienone is 1. The first-order chi connectivity index (χ1) is 10.1. The van der Waals surface area contributed by atoms with Crippen LogP contribution in [0.1, 0.15) is 46.0 Å². The minimum Gasteiger partial charge on any atom is -0.465 e. The summed E-state index contributed by atoms with van der Waals surface area (Å²) in [6.45, 7) is 7.05. The summed E-state index contributed by atoms with van der Waals surface area (Å²) in [5, 5.41) is 0. The van der Waals surface area contributed by atoms with Crippen molar-refractivity contribution < 1.29 is 14.3 Å². The Bertz CT molecular complexity index is 498. The summed E-state index contributed by atoms with van der Waals surface area (Å²) >= 11 is 0. The molecule has 1 heterocycles. The molecule has 3 rings (SSSR count). The van der Waals surface area contributed by atoms with E-state index in [1.54, 1.807) is 6.08 Å². The molecule has 1 saturated heterocycles. The highest BCUT2D eigenvalue weighted by Gasteiger charge is 2.59. The van der Waals surface area contributed by atoms with E-state index in [1.807, 2.05) is 6.92 Å². The van der Waals surface area contributed by atoms with E-state index in [-0.39, 0.29) is 17.2 Å². The first-order valence-corrected chi connectivity index (χ1v) is 8.21. The van der Waals surface area contributed by atoms with Gasteiger partial charge in [0.25, 0.3) is 0 Å². The van der Waals surface area contributed by atoms with Gasteiger partial charge in [0.1, 0.15) is 5.41 Å². The molecule has 0 radical (unpaired) electrons. The zero-order valence-corrected chi connectivity index (χ0v) is 13.1. The van der Waals surface area contributed by atoms with Crippen LogP contribution in [0.4, 0.5) is 0 Å². The summed E-state index contributed by atoms with van der Waals surface area (Å²) in [6, 6.07) is 0. The fraction of sp³-hybridized carbons (Fsp3) is 0.765. The second kappa shape index (κ2) is 5.24. The lowest BCUT2D eigenvalue weighted by Gasteiger charge is -2.57. The zero-order chi connectivity index (χ0) is 15.1. The third-order valence-electron chi connectivity index (χ3n) is 5.63. The highest BCUT2D eigenvalue weighted by Crippen LogP contribution is 2.58. The molecule has 21 heavy (non-hydrogen) atoms. The highest BCUT2D eigenvalue weighted by atomic mass is 16.5. The highest BCUT2D eigenvalue weighted by molar-refractivity contribution is 5.94. The Morgan fingerprint density at radius 2 is 2.10 bits per heavy atom. The second-order valence-corrected chi connectivity index (χ2v) is 6.76. The number of esters is 1. The summed E-state index contributed by atoms with van der Waals surface area (Å²) in [5.74, 6) is 0.0642. The molecular weight excluding hydrogens is 266 g/mol. The van der Waals surface area contributed by atoms with Gasteiger partial charge in [-0.05, 0) is 44.4 Å². The maximum atomic E-state index is 12.7. The van der Waals surface area contributed by atoms with E-state index < -0.39 is 5.41 Å². The van der Waals surface area contributed by atoms with Crippen LogP contribution in [-0.2, 0) is 14.3 Å². The summed E-state index contributed by atoms with van der Waals surface area (Å²) in [7, 11) is 0. The van der Waals surface area contributed by atoms with Crippen molar-refractivity contribution in [3.8, 4) is 0 Å². The van der Waals surface area contributed by atoms with Gasteiger partial charge in [-0.3, -0.25) is 9.59 Å². The third-order valence-corrected chi connectivity index (χ3v) is 5.63. The van der Waals surface area contributed by atoms with Crippen molar-refractivity contribution in [2.24, 2.45) is 10.8 Å². The summed E-state index contributed by atoms with van der Waals surface area (Å²) in [6.07, 6.45) is 6.30. The molecule has 0 aromatic heterocycles. The number of hydrogen-bond donors (Lipinski definition) is 0. The van der Waals surface area contributed by atoms with E-state index in [2.05, 4.69) is 11.8 Å². The number of piperidine rings is 1. The van der Waals surface area contributed by atoms with Crippen LogP contribution >= 0.6 is 0 Å². The lowest BCUT2D eigenvalue weighted by atomic mass is 9.52. The fourth-order valence-electron chi connectivity index (χ4n) is 4.69. The Kier molecular flexibility index (Phi) is 3.68. The fourth-order valence-corrected chi connectivity index (χ4v) is 4.69. The van der Waals surface area contributed by atoms with Crippen LogP contribution in [0, 0.1) is 10.8 Å². The Hall–Kier alpha value is -1.16. The molecule has 0 N–H and O–H groups in total. The normalized spacial score (nSPS) is 35.9. The molecular formula is C17H25NO3. The third kappa shape index (κ3) is 2.15. The number of nitrogens with zero attached hydrogens (tertiary/aromatic N) is 1. The van der Waals surface area contributed by atoms with Crippen molar-refractivity contribution in [1.29, 1.82) is 0 Å². The van der Waals surface area contributed by atoms with Crippen molar-refractivity contribution in [2.45, 2.75) is 46.0 Å². The van der Waals surface area contributed by atoms with E-state index in [9.17, 15) is 9.59 Å². The van der Waals surface area contributed by atoms with Crippen LogP contribution in [0.25, 0.3) is 0 Å². The lowest BCUT2D eigenvalue weighted by Crippen LogP contribution is -2.61. The number of ether oxygens (including phenoxy) is 1. The predicted molar refractivity (Wildman–Crippen MR) is 79.8 cm³/mol. The molecule has 0 aromatic carbocycles. The van der Waals surface area contributed by atoms with Crippen LogP contribution < -0.4 is 0 Å². The van der Waals surface area contributed by atoms with Gasteiger partial charge in [0.05, 0.1) is 6.61 Å². The van der Waals surface area contributed by atoms with Crippen molar-refractivity contribution in [3.63, 3.8) is 0 Å². The first kappa shape index (κ1) is 14.8. The Morgan fingerprint density at radius 1 is 1.29 bits per heavy atom. The van der Waals surface area contributed by atoms with Crippen LogP contribution in [0.5, 0.6) is 0 Å². The van der Waals surface area contributed by atoms with Gasteiger partial charge < -0.3 is 9.64 Å². The summed E-state index contributed by atoms with van der Waals surface area (Å²) < 4.78 is 5.41. The average Bonchev–Trinajstić information content (AvgIpc) is 2.46. The largest absolute Gasteiger partial charge is 0.465 e. The number of likely N-dealkylation sites (tertiary alicyclic amines) is 1. The molecule has 116 valence electrons. The molecule has 0 spiro atoms. The van der Waals surface area contributed by atoms with Crippen molar-refractivity contribution in [3.05, 3.63) is 11.6 Å². The Labute approximate surface area is 126 Å². The van der Waals surface area contributed by atoms with E-state index in [1.165, 1.54) is 0 Å². The van der Waals surface area contributed by atoms with Crippen LogP contribution in [0.2, 0.25) is 0 Å². The van der Waals surface area contributed by atoms with Crippen molar-refractivity contribution in [1.82, 2.24) is 4.90 Å². The molecule has 1 aliphatic heterocycles. The molecule has 2 atom stereocenters. The molecule has 2 fully saturated rings. The van der Waals surface area contributed by atoms with Gasteiger partial charge in [-0.15, -0.1) is 0 Å². The minimum absolute atomic E-state index is 0.0349. The van der Waals surface area contributed by atoms with E-state index in [4.69, 9.17) is 4.74 Å². The van der Waals surface area contributed by atoms with Gasteiger partial charge in [-0.1, -0.05) is 13.3 Å². The molecule has 4 nitrogen and oxygen atoms in total. The van der Waals surface area contributed by atoms with E-state index in [0.29, 0.717) is 19.6 Å². The topological polar surface area (TPSA) is 46.6 Å². The van der Waals surface area contributed by atoms with Crippen molar-refractivity contribution >= 4 is 11.8 Å². The number of carbonyl (C=O) groups is 2. The number of carbonyl (C=O) groups excluding carboxylic acids is 2. The van der Waals surface area contributed by atoms with Gasteiger partial charge in [-0.2, -0.15) is 0 Å². The van der Waals surface area contributed by atoms with E-state index in [0.717, 1.165) is 44.3 Å². The van der Waals surface area contributed by atoms with Gasteiger partial charge >= 0.3 is 5.97 Å². The Balaban J connectivity index is 2.09. The minimum atomic E-state index is -0.571. The van der Waals surface area contributed by atoms with Crippen LogP contribution in [-0.4, -0.2) is 42.9 Å². The first-order valence-electron chi connectivity index (χ1n) is 8.21. The predicted octanol–water partition coefficient (Wildman–Crippen LogP) is 2.33. The van der Waals surface area contributed by atoms with E-state index >= 15 is 0 Å². The zero-order valence-electron chi connectivity index (χ0n) is 13.1. The van der Waals surface area contributed by atoms with Crippen LogP contribution in [0.3, 0.4) is 0 Å².